The predicted molar refractivity (Wildman–Crippen MR) is 154 cm³/mol. The first kappa shape index (κ1) is 30.6. The number of halogens is 5. The summed E-state index contributed by atoms with van der Waals surface area (Å²) in [6, 6.07) is 9.49. The molecule has 0 fully saturated rings. The SMILES string of the molecule is CCOC(=O)C1=C(C(F)(F)F)N=c2s/c(=C\c3cc(I)c(OCC#N)c(OCC)c3)c(=O)n2[C@H]1c1ccc(Cl)cc1. The zero-order chi connectivity index (χ0) is 29.9. The van der Waals surface area contributed by atoms with Crippen LogP contribution in [-0.2, 0) is 9.53 Å². The number of esters is 1. The van der Waals surface area contributed by atoms with E-state index in [9.17, 15) is 22.8 Å². The zero-order valence-electron chi connectivity index (χ0n) is 21.4. The second kappa shape index (κ2) is 12.7. The Hall–Kier alpha value is -3.35. The van der Waals surface area contributed by atoms with E-state index in [1.165, 1.54) is 37.3 Å². The van der Waals surface area contributed by atoms with Crippen molar-refractivity contribution in [2.45, 2.75) is 26.1 Å². The molecule has 0 unspecified atom stereocenters. The Bertz CT molecular complexity index is 1740. The first-order valence-electron chi connectivity index (χ1n) is 12.0. The van der Waals surface area contributed by atoms with Gasteiger partial charge in [-0.1, -0.05) is 35.1 Å². The maximum Gasteiger partial charge on any atom is 0.434 e. The molecule has 0 saturated heterocycles. The first-order valence-corrected chi connectivity index (χ1v) is 14.3. The number of hydrogen-bond acceptors (Lipinski definition) is 8. The highest BCUT2D eigenvalue weighted by Crippen LogP contribution is 2.39. The molecule has 214 valence electrons. The molecule has 0 amide bonds. The van der Waals surface area contributed by atoms with E-state index < -0.39 is 35.0 Å². The van der Waals surface area contributed by atoms with Gasteiger partial charge in [-0.2, -0.15) is 18.4 Å². The topological polar surface area (TPSA) is 103 Å². The third-order valence-electron chi connectivity index (χ3n) is 5.69. The average molecular weight is 718 g/mol. The summed E-state index contributed by atoms with van der Waals surface area (Å²) in [6.45, 7) is 3.14. The summed E-state index contributed by atoms with van der Waals surface area (Å²) in [5, 5.41) is 9.21. The fourth-order valence-electron chi connectivity index (χ4n) is 4.13. The maximum atomic E-state index is 14.3. The minimum Gasteiger partial charge on any atom is -0.490 e. The van der Waals surface area contributed by atoms with E-state index in [1.54, 1.807) is 19.1 Å². The van der Waals surface area contributed by atoms with Crippen molar-refractivity contribution >= 4 is 57.6 Å². The number of aromatic nitrogens is 1. The Morgan fingerprint density at radius 2 is 1.93 bits per heavy atom. The van der Waals surface area contributed by atoms with Crippen molar-refractivity contribution in [1.82, 2.24) is 4.57 Å². The van der Waals surface area contributed by atoms with Gasteiger partial charge in [-0.25, -0.2) is 9.79 Å². The molecule has 0 bridgehead atoms. The third kappa shape index (κ3) is 6.44. The molecule has 0 N–H and O–H groups in total. The second-order valence-electron chi connectivity index (χ2n) is 8.32. The van der Waals surface area contributed by atoms with Gasteiger partial charge in [-0.15, -0.1) is 0 Å². The van der Waals surface area contributed by atoms with Gasteiger partial charge in [0.05, 0.1) is 32.9 Å². The highest BCUT2D eigenvalue weighted by molar-refractivity contribution is 14.1. The largest absolute Gasteiger partial charge is 0.490 e. The fourth-order valence-corrected chi connectivity index (χ4v) is 6.04. The van der Waals surface area contributed by atoms with Crippen LogP contribution < -0.4 is 24.4 Å². The van der Waals surface area contributed by atoms with E-state index in [4.69, 9.17) is 31.1 Å². The van der Waals surface area contributed by atoms with Crippen molar-refractivity contribution in [2.75, 3.05) is 19.8 Å². The summed E-state index contributed by atoms with van der Waals surface area (Å²) in [5.74, 6) is -0.553. The van der Waals surface area contributed by atoms with Gasteiger partial charge in [0.25, 0.3) is 5.56 Å². The van der Waals surface area contributed by atoms with Crippen LogP contribution in [0.4, 0.5) is 13.2 Å². The normalized spacial score (nSPS) is 15.2. The molecule has 3 aromatic rings. The summed E-state index contributed by atoms with van der Waals surface area (Å²) in [7, 11) is 0. The molecule has 14 heteroatoms. The molecule has 1 atom stereocenters. The molecule has 0 radical (unpaired) electrons. The number of carbonyl (C=O) groups excluding carboxylic acids is 1. The molecule has 2 aromatic carbocycles. The summed E-state index contributed by atoms with van der Waals surface area (Å²) >= 11 is 8.75. The number of allylic oxidation sites excluding steroid dienone is 1. The van der Waals surface area contributed by atoms with Crippen LogP contribution in [0.3, 0.4) is 0 Å². The highest BCUT2D eigenvalue weighted by Gasteiger charge is 2.45. The van der Waals surface area contributed by atoms with Gasteiger partial charge < -0.3 is 14.2 Å². The van der Waals surface area contributed by atoms with Crippen LogP contribution in [-0.4, -0.2) is 36.5 Å². The van der Waals surface area contributed by atoms with Crippen LogP contribution in [0.2, 0.25) is 5.02 Å². The van der Waals surface area contributed by atoms with Crippen LogP contribution in [0.1, 0.15) is 31.0 Å². The number of nitrogens with zero attached hydrogens (tertiary/aromatic N) is 3. The number of carbonyl (C=O) groups is 1. The van der Waals surface area contributed by atoms with Crippen LogP contribution in [0, 0.1) is 14.9 Å². The quantitative estimate of drug-likeness (QED) is 0.243. The van der Waals surface area contributed by atoms with Crippen molar-refractivity contribution in [2.24, 2.45) is 4.99 Å². The Morgan fingerprint density at radius 1 is 1.22 bits per heavy atom. The molecule has 41 heavy (non-hydrogen) atoms. The molecule has 1 aliphatic rings. The summed E-state index contributed by atoms with van der Waals surface area (Å²) in [6.07, 6.45) is -3.52. The number of thiazole rings is 1. The van der Waals surface area contributed by atoms with Crippen molar-refractivity contribution < 1.29 is 32.2 Å². The Morgan fingerprint density at radius 3 is 2.54 bits per heavy atom. The fraction of sp³-hybridized carbons (Fsp3) is 0.259. The van der Waals surface area contributed by atoms with Gasteiger partial charge >= 0.3 is 12.1 Å². The predicted octanol–water partition coefficient (Wildman–Crippen LogP) is 4.90. The van der Waals surface area contributed by atoms with Crippen molar-refractivity contribution in [3.8, 4) is 17.6 Å². The number of ether oxygens (including phenoxy) is 3. The van der Waals surface area contributed by atoms with Gasteiger partial charge in [0.1, 0.15) is 6.07 Å². The van der Waals surface area contributed by atoms with Crippen molar-refractivity contribution in [3.05, 3.63) is 87.1 Å². The van der Waals surface area contributed by atoms with Gasteiger partial charge in [0, 0.05) is 5.02 Å². The molecule has 0 aliphatic carbocycles. The van der Waals surface area contributed by atoms with E-state index in [0.717, 1.165) is 15.9 Å². The zero-order valence-corrected chi connectivity index (χ0v) is 25.2. The lowest BCUT2D eigenvalue weighted by Gasteiger charge is -2.26. The van der Waals surface area contributed by atoms with Crippen LogP contribution in [0.15, 0.2) is 57.5 Å². The third-order valence-corrected chi connectivity index (χ3v) is 7.73. The molecule has 1 aromatic heterocycles. The van der Waals surface area contributed by atoms with Crippen LogP contribution in [0.5, 0.6) is 11.5 Å². The lowest BCUT2D eigenvalue weighted by atomic mass is 9.95. The summed E-state index contributed by atoms with van der Waals surface area (Å²) in [5.41, 5.74) is -2.18. The summed E-state index contributed by atoms with van der Waals surface area (Å²) in [4.78, 5) is 30.2. The monoisotopic (exact) mass is 717 g/mol. The molecule has 1 aliphatic heterocycles. The standard InChI is InChI=1S/C27H20ClF3IN3O5S/c1-3-38-18-12-14(11-17(32)22(18)40-10-9-33)13-19-24(36)35-21(15-5-7-16(28)8-6-15)20(25(37)39-4-2)23(27(29,30)31)34-26(35)41-19/h5-8,11-13,21H,3-4,10H2,1-2H3/b19-13-/t21-/m0/s1. The van der Waals surface area contributed by atoms with E-state index >= 15 is 0 Å². The van der Waals surface area contributed by atoms with Crippen molar-refractivity contribution in [3.63, 3.8) is 0 Å². The Balaban J connectivity index is 1.99. The van der Waals surface area contributed by atoms with Crippen LogP contribution >= 0.6 is 45.5 Å². The molecular formula is C27H20ClF3IN3O5S. The smallest absolute Gasteiger partial charge is 0.434 e. The average Bonchev–Trinajstić information content (AvgIpc) is 3.22. The lowest BCUT2D eigenvalue weighted by Crippen LogP contribution is -2.41. The maximum absolute atomic E-state index is 14.3. The number of alkyl halides is 3. The number of hydrogen-bond donors (Lipinski definition) is 0. The number of benzene rings is 2. The van der Waals surface area contributed by atoms with Gasteiger partial charge in [-0.3, -0.25) is 9.36 Å². The second-order valence-corrected chi connectivity index (χ2v) is 10.9. The minimum absolute atomic E-state index is 0.0679. The van der Waals surface area contributed by atoms with Crippen molar-refractivity contribution in [1.29, 1.82) is 5.26 Å². The van der Waals surface area contributed by atoms with Crippen LogP contribution in [0.25, 0.3) is 6.08 Å². The molecule has 8 nitrogen and oxygen atoms in total. The van der Waals surface area contributed by atoms with E-state index in [1.807, 2.05) is 28.7 Å². The number of nitriles is 1. The van der Waals surface area contributed by atoms with Gasteiger partial charge in [0.2, 0.25) is 0 Å². The molecule has 4 rings (SSSR count). The Labute approximate surface area is 254 Å². The Kier molecular flexibility index (Phi) is 9.45. The number of fused-ring (bicyclic) bond motifs is 1. The first-order chi connectivity index (χ1) is 19.5. The lowest BCUT2D eigenvalue weighted by molar-refractivity contribution is -0.140. The van der Waals surface area contributed by atoms with Gasteiger partial charge in [-0.05, 0) is 77.9 Å². The minimum atomic E-state index is -5.01. The van der Waals surface area contributed by atoms with E-state index in [2.05, 4.69) is 4.99 Å². The van der Waals surface area contributed by atoms with E-state index in [-0.39, 0.29) is 28.1 Å². The molecule has 0 spiro atoms. The number of rotatable bonds is 8. The molecular weight excluding hydrogens is 698 g/mol. The van der Waals surface area contributed by atoms with Gasteiger partial charge in [0.15, 0.2) is 28.6 Å². The highest BCUT2D eigenvalue weighted by atomic mass is 127. The molecule has 0 saturated carbocycles. The van der Waals surface area contributed by atoms with E-state index in [0.29, 0.717) is 32.3 Å². The molecule has 2 heterocycles. The summed E-state index contributed by atoms with van der Waals surface area (Å²) < 4.78 is 60.6.